The third kappa shape index (κ3) is 4.87. The second-order valence-corrected chi connectivity index (χ2v) is 8.08. The Morgan fingerprint density at radius 3 is 2.77 bits per heavy atom. The zero-order valence-corrected chi connectivity index (χ0v) is 19.6. The number of carbonyl (C=O) groups excluding carboxylic acids is 1. The van der Waals surface area contributed by atoms with Crippen molar-refractivity contribution >= 4 is 23.7 Å². The van der Waals surface area contributed by atoms with E-state index >= 15 is 0 Å². The molecule has 0 aliphatic carbocycles. The molecule has 0 bridgehead atoms. The number of hydrogen-bond donors (Lipinski definition) is 2. The van der Waals surface area contributed by atoms with Gasteiger partial charge in [-0.2, -0.15) is 10.2 Å². The molecule has 3 aromatic rings. The van der Waals surface area contributed by atoms with Crippen molar-refractivity contribution in [2.45, 2.75) is 18.9 Å². The topological polar surface area (TPSA) is 140 Å². The van der Waals surface area contributed by atoms with Crippen molar-refractivity contribution in [2.24, 2.45) is 0 Å². The van der Waals surface area contributed by atoms with E-state index < -0.39 is 6.04 Å². The number of nitrogen functional groups attached to an aromatic ring is 2. The lowest BCUT2D eigenvalue weighted by Crippen LogP contribution is -2.38. The van der Waals surface area contributed by atoms with E-state index in [4.69, 9.17) is 20.9 Å². The number of benzene rings is 2. The molecule has 1 amide bonds. The van der Waals surface area contributed by atoms with Crippen LogP contribution in [0.1, 0.15) is 33.9 Å². The third-order valence-corrected chi connectivity index (χ3v) is 5.97. The summed E-state index contributed by atoms with van der Waals surface area (Å²) in [6, 6.07) is 13.1. The molecule has 0 spiro atoms. The predicted molar refractivity (Wildman–Crippen MR) is 132 cm³/mol. The molecule has 9 nitrogen and oxygen atoms in total. The number of methoxy groups -OCH3 is 2. The maximum Gasteiger partial charge on any atom is 0.247 e. The number of hydrogen-bond acceptors (Lipinski definition) is 8. The minimum atomic E-state index is -0.631. The lowest BCUT2D eigenvalue weighted by Gasteiger charge is -2.32. The van der Waals surface area contributed by atoms with Gasteiger partial charge in [-0.25, -0.2) is 4.98 Å². The van der Waals surface area contributed by atoms with Gasteiger partial charge in [-0.15, -0.1) is 0 Å². The van der Waals surface area contributed by atoms with E-state index in [1.165, 1.54) is 13.2 Å². The highest BCUT2D eigenvalue weighted by atomic mass is 16.5. The van der Waals surface area contributed by atoms with Crippen LogP contribution in [0.5, 0.6) is 11.5 Å². The van der Waals surface area contributed by atoms with E-state index in [1.54, 1.807) is 24.3 Å². The highest BCUT2D eigenvalue weighted by Gasteiger charge is 2.29. The number of anilines is 2. The number of carbonyl (C=O) groups is 1. The summed E-state index contributed by atoms with van der Waals surface area (Å²) in [5, 5.41) is 9.78. The van der Waals surface area contributed by atoms with Gasteiger partial charge < -0.3 is 25.8 Å². The SMILES string of the molecule is COc1cc(Cc2cnc(N)nc2N)cc(/C=C/C(=O)N2CCc3ccccc3C2C#N)c1OC. The van der Waals surface area contributed by atoms with Crippen molar-refractivity contribution in [3.63, 3.8) is 0 Å². The van der Waals surface area contributed by atoms with Gasteiger partial charge >= 0.3 is 0 Å². The van der Waals surface area contributed by atoms with Gasteiger partial charge in [-0.05, 0) is 41.3 Å². The summed E-state index contributed by atoms with van der Waals surface area (Å²) in [7, 11) is 3.08. The highest BCUT2D eigenvalue weighted by Crippen LogP contribution is 2.35. The first-order valence-electron chi connectivity index (χ1n) is 11.0. The standard InChI is InChI=1S/C26H26N6O3/c1-34-22-13-16(12-19-15-30-26(29)31-25(19)28)11-18(24(22)35-2)7-8-23(33)32-10-9-17-5-3-4-6-20(17)21(32)14-27/h3-8,11,13,15,21H,9-10,12H2,1-2H3,(H4,28,29,30,31)/b8-7+. The van der Waals surface area contributed by atoms with Gasteiger partial charge in [-0.3, -0.25) is 4.79 Å². The molecule has 1 aromatic heterocycles. The number of ether oxygens (including phenoxy) is 2. The molecule has 1 atom stereocenters. The summed E-state index contributed by atoms with van der Waals surface area (Å²) in [6.07, 6.45) is 5.85. The molecular formula is C26H26N6O3. The predicted octanol–water partition coefficient (Wildman–Crippen LogP) is 2.91. The van der Waals surface area contributed by atoms with Crippen LogP contribution in [0.3, 0.4) is 0 Å². The fraction of sp³-hybridized carbons (Fsp3) is 0.231. The monoisotopic (exact) mass is 470 g/mol. The summed E-state index contributed by atoms with van der Waals surface area (Å²) in [5.74, 6) is 1.15. The molecule has 0 radical (unpaired) electrons. The van der Waals surface area contributed by atoms with Gasteiger partial charge in [0, 0.05) is 36.4 Å². The molecule has 0 saturated heterocycles. The van der Waals surface area contributed by atoms with Crippen LogP contribution in [0.25, 0.3) is 6.08 Å². The van der Waals surface area contributed by atoms with Gasteiger partial charge in [0.25, 0.3) is 0 Å². The molecular weight excluding hydrogens is 444 g/mol. The average molecular weight is 471 g/mol. The zero-order valence-electron chi connectivity index (χ0n) is 19.6. The van der Waals surface area contributed by atoms with Crippen molar-refractivity contribution in [1.82, 2.24) is 14.9 Å². The van der Waals surface area contributed by atoms with Crippen LogP contribution in [0.15, 0.2) is 48.7 Å². The lowest BCUT2D eigenvalue weighted by molar-refractivity contribution is -0.127. The maximum absolute atomic E-state index is 13.1. The smallest absolute Gasteiger partial charge is 0.247 e. The maximum atomic E-state index is 13.1. The van der Waals surface area contributed by atoms with Gasteiger partial charge in [0.2, 0.25) is 11.9 Å². The van der Waals surface area contributed by atoms with Crippen molar-refractivity contribution in [1.29, 1.82) is 5.26 Å². The van der Waals surface area contributed by atoms with Crippen LogP contribution in [-0.2, 0) is 17.6 Å². The van der Waals surface area contributed by atoms with Crippen molar-refractivity contribution < 1.29 is 14.3 Å². The van der Waals surface area contributed by atoms with Gasteiger partial charge in [0.1, 0.15) is 11.9 Å². The van der Waals surface area contributed by atoms with E-state index in [2.05, 4.69) is 16.0 Å². The number of nitrogens with zero attached hydrogens (tertiary/aromatic N) is 4. The van der Waals surface area contributed by atoms with Crippen LogP contribution < -0.4 is 20.9 Å². The van der Waals surface area contributed by atoms with E-state index in [9.17, 15) is 10.1 Å². The molecule has 2 heterocycles. The fourth-order valence-corrected chi connectivity index (χ4v) is 4.27. The van der Waals surface area contributed by atoms with E-state index in [0.717, 1.165) is 16.7 Å². The van der Waals surface area contributed by atoms with Crippen molar-refractivity contribution in [3.05, 3.63) is 76.5 Å². The van der Waals surface area contributed by atoms with Gasteiger partial charge in [0.05, 0.1) is 20.3 Å². The zero-order chi connectivity index (χ0) is 24.9. The second-order valence-electron chi connectivity index (χ2n) is 8.08. The summed E-state index contributed by atoms with van der Waals surface area (Å²) >= 11 is 0. The molecule has 0 fully saturated rings. The third-order valence-electron chi connectivity index (χ3n) is 5.97. The van der Waals surface area contributed by atoms with Crippen molar-refractivity contribution in [2.75, 3.05) is 32.2 Å². The minimum Gasteiger partial charge on any atom is -0.493 e. The van der Waals surface area contributed by atoms with E-state index in [1.807, 2.05) is 36.4 Å². The summed E-state index contributed by atoms with van der Waals surface area (Å²) in [6.45, 7) is 0.468. The minimum absolute atomic E-state index is 0.108. The first-order chi connectivity index (χ1) is 16.9. The molecule has 2 aromatic carbocycles. The van der Waals surface area contributed by atoms with Crippen LogP contribution in [0, 0.1) is 11.3 Å². The quantitative estimate of drug-likeness (QED) is 0.524. The molecule has 4 rings (SSSR count). The number of aromatic nitrogens is 2. The van der Waals surface area contributed by atoms with Gasteiger partial charge in [-0.1, -0.05) is 24.3 Å². The number of rotatable bonds is 6. The number of amides is 1. The Balaban J connectivity index is 1.63. The van der Waals surface area contributed by atoms with Crippen LogP contribution in [-0.4, -0.2) is 41.5 Å². The number of fused-ring (bicyclic) bond motifs is 1. The lowest BCUT2D eigenvalue weighted by atomic mass is 9.93. The first-order valence-corrected chi connectivity index (χ1v) is 11.0. The van der Waals surface area contributed by atoms with Crippen molar-refractivity contribution in [3.8, 4) is 17.6 Å². The first kappa shape index (κ1) is 23.6. The van der Waals surface area contributed by atoms with Crippen LogP contribution >= 0.6 is 0 Å². The number of nitriles is 1. The molecule has 9 heteroatoms. The molecule has 1 aliphatic heterocycles. The summed E-state index contributed by atoms with van der Waals surface area (Å²) < 4.78 is 11.1. The Morgan fingerprint density at radius 1 is 1.26 bits per heavy atom. The number of nitrogens with two attached hydrogens (primary N) is 2. The normalized spacial score (nSPS) is 14.9. The second kappa shape index (κ2) is 10.1. The van der Waals surface area contributed by atoms with Gasteiger partial charge in [0.15, 0.2) is 11.5 Å². The van der Waals surface area contributed by atoms with E-state index in [0.29, 0.717) is 47.8 Å². The van der Waals surface area contributed by atoms with Crippen LogP contribution in [0.2, 0.25) is 0 Å². The Labute approximate surface area is 203 Å². The molecule has 178 valence electrons. The Kier molecular flexibility index (Phi) is 6.83. The van der Waals surface area contributed by atoms with E-state index in [-0.39, 0.29) is 11.9 Å². The molecule has 35 heavy (non-hydrogen) atoms. The Hall–Kier alpha value is -4.58. The fourth-order valence-electron chi connectivity index (χ4n) is 4.27. The summed E-state index contributed by atoms with van der Waals surface area (Å²) in [5.41, 5.74) is 15.8. The molecule has 0 saturated carbocycles. The molecule has 4 N–H and O–H groups in total. The largest absolute Gasteiger partial charge is 0.493 e. The van der Waals surface area contributed by atoms with Crippen LogP contribution in [0.4, 0.5) is 11.8 Å². The summed E-state index contributed by atoms with van der Waals surface area (Å²) in [4.78, 5) is 22.7. The Bertz CT molecular complexity index is 1330. The molecule has 1 unspecified atom stereocenters. The highest BCUT2D eigenvalue weighted by molar-refractivity contribution is 5.93. The molecule has 1 aliphatic rings. The Morgan fingerprint density at radius 2 is 2.06 bits per heavy atom. The average Bonchev–Trinajstić information content (AvgIpc) is 2.87.